The lowest BCUT2D eigenvalue weighted by Crippen LogP contribution is -2.44. The van der Waals surface area contributed by atoms with Gasteiger partial charge < -0.3 is 15.0 Å². The van der Waals surface area contributed by atoms with E-state index in [1.165, 1.54) is 24.3 Å². The van der Waals surface area contributed by atoms with Crippen LogP contribution in [0.25, 0.3) is 31.7 Å². The number of hydrogen-bond donors (Lipinski definition) is 1. The number of rotatable bonds is 4. The Morgan fingerprint density at radius 2 is 1.82 bits per heavy atom. The van der Waals surface area contributed by atoms with Crippen LogP contribution in [0, 0.1) is 5.82 Å². The molecule has 0 spiro atoms. The van der Waals surface area contributed by atoms with Crippen LogP contribution < -0.4 is 15.0 Å². The third-order valence-electron chi connectivity index (χ3n) is 5.37. The van der Waals surface area contributed by atoms with Gasteiger partial charge in [-0.05, 0) is 37.3 Å². The molecule has 6 nitrogen and oxygen atoms in total. The Labute approximate surface area is 190 Å². The molecule has 1 fully saturated rings. The molecule has 0 bridgehead atoms. The Kier molecular flexibility index (Phi) is 5.53. The zero-order valence-corrected chi connectivity index (χ0v) is 18.4. The molecule has 4 heterocycles. The molecular formula is C22H19F4N5OS. The van der Waals surface area contributed by atoms with E-state index in [-0.39, 0.29) is 27.3 Å². The number of thiophene rings is 1. The third-order valence-corrected chi connectivity index (χ3v) is 6.43. The van der Waals surface area contributed by atoms with Crippen molar-refractivity contribution >= 4 is 37.7 Å². The minimum Gasteiger partial charge on any atom is -0.477 e. The summed E-state index contributed by atoms with van der Waals surface area (Å²) < 4.78 is 62.1. The van der Waals surface area contributed by atoms with Crippen LogP contribution >= 0.6 is 11.3 Å². The predicted molar refractivity (Wildman–Crippen MR) is 119 cm³/mol. The second-order valence-corrected chi connectivity index (χ2v) is 8.52. The Bertz CT molecular complexity index is 1320. The largest absolute Gasteiger partial charge is 0.477 e. The molecular weight excluding hydrogens is 458 g/mol. The first-order valence-corrected chi connectivity index (χ1v) is 11.2. The highest BCUT2D eigenvalue weighted by Crippen LogP contribution is 2.45. The molecule has 1 aromatic carbocycles. The molecule has 0 unspecified atom stereocenters. The molecule has 1 aliphatic heterocycles. The maximum atomic E-state index is 14.2. The number of ether oxygens (including phenoxy) is 1. The van der Waals surface area contributed by atoms with Crippen LogP contribution in [-0.2, 0) is 6.18 Å². The van der Waals surface area contributed by atoms with E-state index in [1.807, 2.05) is 4.90 Å². The number of piperazine rings is 1. The topological polar surface area (TPSA) is 63.2 Å². The van der Waals surface area contributed by atoms with Gasteiger partial charge in [0.25, 0.3) is 0 Å². The molecule has 33 heavy (non-hydrogen) atoms. The zero-order valence-electron chi connectivity index (χ0n) is 17.5. The molecule has 0 radical (unpaired) electrons. The number of fused-ring (bicyclic) bond motifs is 3. The molecule has 1 aliphatic rings. The highest BCUT2D eigenvalue weighted by molar-refractivity contribution is 7.25. The monoisotopic (exact) mass is 477 g/mol. The van der Waals surface area contributed by atoms with Crippen molar-refractivity contribution in [1.82, 2.24) is 20.3 Å². The Balaban J connectivity index is 1.79. The smallest absolute Gasteiger partial charge is 0.417 e. The van der Waals surface area contributed by atoms with Gasteiger partial charge in [-0.15, -0.1) is 11.3 Å². The number of pyridine rings is 1. The summed E-state index contributed by atoms with van der Waals surface area (Å²) in [6.45, 7) is 4.83. The van der Waals surface area contributed by atoms with Crippen molar-refractivity contribution in [1.29, 1.82) is 0 Å². The summed E-state index contributed by atoms with van der Waals surface area (Å²) in [5.74, 6) is 0.105. The van der Waals surface area contributed by atoms with Crippen LogP contribution in [-0.4, -0.2) is 47.7 Å². The van der Waals surface area contributed by atoms with Crippen molar-refractivity contribution in [3.63, 3.8) is 0 Å². The van der Waals surface area contributed by atoms with E-state index in [1.54, 1.807) is 6.92 Å². The highest BCUT2D eigenvalue weighted by atomic mass is 32.1. The normalized spacial score (nSPS) is 14.9. The van der Waals surface area contributed by atoms with Crippen molar-refractivity contribution in [3.05, 3.63) is 41.7 Å². The molecule has 172 valence electrons. The second-order valence-electron chi connectivity index (χ2n) is 7.52. The lowest BCUT2D eigenvalue weighted by Gasteiger charge is -2.27. The van der Waals surface area contributed by atoms with Crippen LogP contribution in [0.4, 0.5) is 23.5 Å². The van der Waals surface area contributed by atoms with E-state index in [4.69, 9.17) is 4.74 Å². The van der Waals surface area contributed by atoms with Crippen LogP contribution in [0.5, 0.6) is 5.88 Å². The van der Waals surface area contributed by atoms with Gasteiger partial charge in [-0.3, -0.25) is 0 Å². The van der Waals surface area contributed by atoms with Gasteiger partial charge in [0.05, 0.1) is 23.3 Å². The summed E-state index contributed by atoms with van der Waals surface area (Å²) in [5, 5.41) is 3.16. The molecule has 1 N–H and O–H groups in total. The number of alkyl halides is 3. The number of anilines is 1. The van der Waals surface area contributed by atoms with Crippen LogP contribution in [0.2, 0.25) is 0 Å². The van der Waals surface area contributed by atoms with Gasteiger partial charge in [0.2, 0.25) is 11.8 Å². The summed E-state index contributed by atoms with van der Waals surface area (Å²) in [4.78, 5) is 15.6. The maximum Gasteiger partial charge on any atom is 0.417 e. The molecule has 0 aliphatic carbocycles. The lowest BCUT2D eigenvalue weighted by molar-refractivity contribution is -0.136. The average molecular weight is 477 g/mol. The van der Waals surface area contributed by atoms with E-state index >= 15 is 0 Å². The number of aromatic nitrogens is 3. The Morgan fingerprint density at radius 1 is 1.09 bits per heavy atom. The van der Waals surface area contributed by atoms with Gasteiger partial charge in [-0.1, -0.05) is 0 Å². The molecule has 11 heteroatoms. The number of nitrogens with zero attached hydrogens (tertiary/aromatic N) is 4. The van der Waals surface area contributed by atoms with Gasteiger partial charge in [0.15, 0.2) is 0 Å². The summed E-state index contributed by atoms with van der Waals surface area (Å²) >= 11 is 1.06. The SMILES string of the molecule is CCOc1nc(N2CCNCC2)nc2c1sc1nc(-c3ccc(F)cc3)cc(C(F)(F)F)c12. The van der Waals surface area contributed by atoms with Gasteiger partial charge in [0, 0.05) is 31.7 Å². The molecule has 5 rings (SSSR count). The predicted octanol–water partition coefficient (Wildman–Crippen LogP) is 4.87. The van der Waals surface area contributed by atoms with Crippen LogP contribution in [0.1, 0.15) is 12.5 Å². The van der Waals surface area contributed by atoms with E-state index < -0.39 is 17.6 Å². The van der Waals surface area contributed by atoms with E-state index in [2.05, 4.69) is 20.3 Å². The Hall–Kier alpha value is -3.05. The second kappa shape index (κ2) is 8.38. The van der Waals surface area contributed by atoms with E-state index in [9.17, 15) is 17.6 Å². The number of halogens is 4. The van der Waals surface area contributed by atoms with Gasteiger partial charge in [-0.2, -0.15) is 18.2 Å². The molecule has 0 atom stereocenters. The zero-order chi connectivity index (χ0) is 23.2. The fourth-order valence-corrected chi connectivity index (χ4v) is 4.92. The van der Waals surface area contributed by atoms with E-state index in [0.29, 0.717) is 35.9 Å². The van der Waals surface area contributed by atoms with Crippen LogP contribution in [0.3, 0.4) is 0 Å². The number of nitrogens with one attached hydrogen (secondary N) is 1. The van der Waals surface area contributed by atoms with Gasteiger partial charge >= 0.3 is 6.18 Å². The first-order valence-electron chi connectivity index (χ1n) is 10.4. The summed E-state index contributed by atoms with van der Waals surface area (Å²) in [6, 6.07) is 6.19. The summed E-state index contributed by atoms with van der Waals surface area (Å²) in [5.41, 5.74) is -0.175. The van der Waals surface area contributed by atoms with Crippen molar-refractivity contribution < 1.29 is 22.3 Å². The first kappa shape index (κ1) is 21.8. The highest BCUT2D eigenvalue weighted by Gasteiger charge is 2.36. The minimum absolute atomic E-state index is 0.0758. The average Bonchev–Trinajstić information content (AvgIpc) is 3.18. The van der Waals surface area contributed by atoms with Crippen molar-refractivity contribution in [3.8, 4) is 17.1 Å². The van der Waals surface area contributed by atoms with Crippen molar-refractivity contribution in [2.24, 2.45) is 0 Å². The molecule has 1 saturated heterocycles. The summed E-state index contributed by atoms with van der Waals surface area (Å²) in [7, 11) is 0. The molecule has 4 aromatic rings. The Morgan fingerprint density at radius 3 is 2.48 bits per heavy atom. The quantitative estimate of drug-likeness (QED) is 0.423. The van der Waals surface area contributed by atoms with Gasteiger partial charge in [0.1, 0.15) is 20.9 Å². The lowest BCUT2D eigenvalue weighted by atomic mass is 10.1. The first-order chi connectivity index (χ1) is 15.8. The van der Waals surface area contributed by atoms with Crippen molar-refractivity contribution in [2.75, 3.05) is 37.7 Å². The van der Waals surface area contributed by atoms with Crippen LogP contribution in [0.15, 0.2) is 30.3 Å². The fourth-order valence-electron chi connectivity index (χ4n) is 3.83. The van der Waals surface area contributed by atoms with E-state index in [0.717, 1.165) is 30.5 Å². The van der Waals surface area contributed by atoms with Crippen molar-refractivity contribution in [2.45, 2.75) is 13.1 Å². The fraction of sp³-hybridized carbons (Fsp3) is 0.318. The number of hydrogen-bond acceptors (Lipinski definition) is 7. The minimum atomic E-state index is -4.64. The molecule has 3 aromatic heterocycles. The molecule has 0 amide bonds. The van der Waals surface area contributed by atoms with Gasteiger partial charge in [-0.25, -0.2) is 14.4 Å². The molecule has 0 saturated carbocycles. The maximum absolute atomic E-state index is 14.2. The summed E-state index contributed by atoms with van der Waals surface area (Å²) in [6.07, 6.45) is -4.64. The standard InChI is InChI=1S/C22H19F4N5OS/c1-2-32-19-18-17(29-21(30-19)31-9-7-27-8-10-31)16-14(22(24,25)26)11-15(28-20(16)33-18)12-3-5-13(23)6-4-12/h3-6,11,27H,2,7-10H2,1H3. The number of benzene rings is 1. The third kappa shape index (κ3) is 4.06.